The van der Waals surface area contributed by atoms with Gasteiger partial charge in [-0.15, -0.1) is 5.10 Å². The summed E-state index contributed by atoms with van der Waals surface area (Å²) in [6, 6.07) is 4.45. The molecule has 5 aliphatic rings. The minimum atomic E-state index is -4.12. The summed E-state index contributed by atoms with van der Waals surface area (Å²) < 4.78 is 48.6. The van der Waals surface area contributed by atoms with E-state index in [-0.39, 0.29) is 49.2 Å². The fraction of sp³-hybridized carbons (Fsp3) is 0.643. The molecular formula is C28H35F3N10O2. The molecule has 0 spiro atoms. The van der Waals surface area contributed by atoms with Crippen molar-refractivity contribution in [2.24, 2.45) is 11.8 Å². The van der Waals surface area contributed by atoms with Crippen LogP contribution in [0, 0.1) is 11.8 Å². The summed E-state index contributed by atoms with van der Waals surface area (Å²) in [6.45, 7) is 4.90. The van der Waals surface area contributed by atoms with Crippen LogP contribution in [0.5, 0.6) is 0 Å². The summed E-state index contributed by atoms with van der Waals surface area (Å²) in [5.41, 5.74) is 2.39. The Morgan fingerprint density at radius 3 is 2.63 bits per heavy atom. The molecule has 8 rings (SSSR count). The Labute approximate surface area is 246 Å². The van der Waals surface area contributed by atoms with Gasteiger partial charge in [-0.3, -0.25) is 14.4 Å². The number of amides is 1. The number of alkyl halides is 3. The molecule has 6 unspecified atom stereocenters. The number of nitrogens with one attached hydrogen (secondary N) is 1. The zero-order chi connectivity index (χ0) is 29.5. The number of hydrogen-bond donors (Lipinski definition) is 1. The summed E-state index contributed by atoms with van der Waals surface area (Å²) in [5.74, 6) is -1.11. The molecule has 1 N–H and O–H groups in total. The molecule has 4 aliphatic heterocycles. The highest BCUT2D eigenvalue weighted by molar-refractivity contribution is 5.76. The van der Waals surface area contributed by atoms with Gasteiger partial charge in [0.2, 0.25) is 11.9 Å². The number of halogens is 3. The van der Waals surface area contributed by atoms with Crippen molar-refractivity contribution in [3.8, 4) is 0 Å². The molecule has 43 heavy (non-hydrogen) atoms. The van der Waals surface area contributed by atoms with Crippen molar-refractivity contribution < 1.29 is 22.7 Å². The summed E-state index contributed by atoms with van der Waals surface area (Å²) in [6.07, 6.45) is 2.91. The number of pyridine rings is 1. The Balaban J connectivity index is 0.918. The third-order valence-electron chi connectivity index (χ3n) is 9.74. The van der Waals surface area contributed by atoms with Gasteiger partial charge in [0.1, 0.15) is 18.9 Å². The second-order valence-corrected chi connectivity index (χ2v) is 12.6. The fourth-order valence-corrected chi connectivity index (χ4v) is 7.30. The standard InChI is InChI=1S/C28H35F3N10O2/c1-36-7-9-37(10-8-36)23(42)16-39-13-17(12-32-39)33-27-34-25-22(3-2-6-40(25)35-27)38-14-18-4-5-19(15-38)41(18)26-24(43-26)20-11-21(20)28(29,30)31/h2-3,6,12-13,18-21,24,26H,4-5,7-11,14-16H2,1H3,(H,33,35). The Bertz CT molecular complexity index is 1500. The van der Waals surface area contributed by atoms with E-state index in [1.54, 1.807) is 21.6 Å². The third kappa shape index (κ3) is 5.10. The second kappa shape index (κ2) is 10.1. The van der Waals surface area contributed by atoms with Crippen LogP contribution in [0.1, 0.15) is 19.3 Å². The van der Waals surface area contributed by atoms with Gasteiger partial charge in [0.05, 0.1) is 23.5 Å². The molecular weight excluding hydrogens is 565 g/mol. The Morgan fingerprint density at radius 1 is 1.14 bits per heavy atom. The second-order valence-electron chi connectivity index (χ2n) is 12.6. The van der Waals surface area contributed by atoms with Crippen LogP contribution in [0.2, 0.25) is 0 Å². The number of aromatic nitrogens is 5. The predicted molar refractivity (Wildman–Crippen MR) is 150 cm³/mol. The van der Waals surface area contributed by atoms with Crippen LogP contribution < -0.4 is 10.2 Å². The van der Waals surface area contributed by atoms with E-state index in [2.05, 4.69) is 37.3 Å². The molecule has 4 saturated heterocycles. The van der Waals surface area contributed by atoms with Crippen LogP contribution in [0.4, 0.5) is 30.5 Å². The molecule has 1 saturated carbocycles. The molecule has 6 atom stereocenters. The van der Waals surface area contributed by atoms with Crippen molar-refractivity contribution in [3.63, 3.8) is 0 Å². The van der Waals surface area contributed by atoms with Crippen molar-refractivity contribution in [2.45, 2.75) is 56.4 Å². The fourth-order valence-electron chi connectivity index (χ4n) is 7.30. The number of ether oxygens (including phenoxy) is 1. The molecule has 12 nitrogen and oxygen atoms in total. The van der Waals surface area contributed by atoms with E-state index in [0.717, 1.165) is 63.4 Å². The van der Waals surface area contributed by atoms with Gasteiger partial charge in [-0.2, -0.15) is 23.3 Å². The first-order valence-electron chi connectivity index (χ1n) is 15.1. The molecule has 2 bridgehead atoms. The topological polar surface area (TPSA) is 103 Å². The first-order valence-corrected chi connectivity index (χ1v) is 15.1. The van der Waals surface area contributed by atoms with E-state index in [9.17, 15) is 18.0 Å². The van der Waals surface area contributed by atoms with Crippen LogP contribution in [-0.2, 0) is 16.1 Å². The lowest BCUT2D eigenvalue weighted by Gasteiger charge is -2.41. The van der Waals surface area contributed by atoms with E-state index >= 15 is 0 Å². The van der Waals surface area contributed by atoms with Gasteiger partial charge in [0, 0.05) is 69.7 Å². The van der Waals surface area contributed by atoms with Crippen LogP contribution in [0.15, 0.2) is 30.7 Å². The van der Waals surface area contributed by atoms with Crippen molar-refractivity contribution in [3.05, 3.63) is 30.7 Å². The van der Waals surface area contributed by atoms with Gasteiger partial charge in [-0.05, 0) is 38.4 Å². The van der Waals surface area contributed by atoms with Crippen LogP contribution in [0.25, 0.3) is 5.65 Å². The lowest BCUT2D eigenvalue weighted by molar-refractivity contribution is -0.151. The maximum atomic E-state index is 13.1. The highest BCUT2D eigenvalue weighted by atomic mass is 19.4. The van der Waals surface area contributed by atoms with E-state index in [1.807, 2.05) is 23.2 Å². The van der Waals surface area contributed by atoms with E-state index < -0.39 is 12.1 Å². The van der Waals surface area contributed by atoms with Gasteiger partial charge in [-0.1, -0.05) is 0 Å². The normalized spacial score (nSPS) is 31.2. The number of piperazine rings is 2. The van der Waals surface area contributed by atoms with Crippen molar-refractivity contribution in [1.29, 1.82) is 0 Å². The molecule has 1 aliphatic carbocycles. The monoisotopic (exact) mass is 600 g/mol. The number of nitrogens with zero attached hydrogens (tertiary/aromatic N) is 9. The number of likely N-dealkylation sites (N-methyl/N-ethyl adjacent to an activating group) is 1. The summed E-state index contributed by atoms with van der Waals surface area (Å²) in [5, 5.41) is 12.2. The van der Waals surface area contributed by atoms with E-state index in [4.69, 9.17) is 9.72 Å². The first-order chi connectivity index (χ1) is 20.7. The smallest absolute Gasteiger partial charge is 0.365 e. The van der Waals surface area contributed by atoms with E-state index in [0.29, 0.717) is 11.6 Å². The van der Waals surface area contributed by atoms with Gasteiger partial charge >= 0.3 is 6.18 Å². The predicted octanol–water partition coefficient (Wildman–Crippen LogP) is 2.02. The molecule has 230 valence electrons. The van der Waals surface area contributed by atoms with E-state index in [1.165, 1.54) is 0 Å². The van der Waals surface area contributed by atoms with Gasteiger partial charge < -0.3 is 24.8 Å². The number of carbonyl (C=O) groups is 1. The van der Waals surface area contributed by atoms with Crippen molar-refractivity contribution in [2.75, 3.05) is 56.5 Å². The average molecular weight is 601 g/mol. The van der Waals surface area contributed by atoms with Crippen LogP contribution in [-0.4, -0.2) is 122 Å². The summed E-state index contributed by atoms with van der Waals surface area (Å²) >= 11 is 0. The van der Waals surface area contributed by atoms with Gasteiger partial charge in [0.25, 0.3) is 0 Å². The summed E-state index contributed by atoms with van der Waals surface area (Å²) in [4.78, 5) is 26.2. The number of carbonyl (C=O) groups excluding carboxylic acids is 1. The molecule has 15 heteroatoms. The molecule has 7 heterocycles. The SMILES string of the molecule is CN1CCN(C(=O)Cn2cc(Nc3nc4c(N5CC6CCC(C5)N6C5OC5C5CC5C(F)(F)F)cccn4n3)cn2)CC1. The first kappa shape index (κ1) is 27.1. The average Bonchev–Trinajstić information content (AvgIpc) is 3.84. The molecule has 0 aromatic carbocycles. The van der Waals surface area contributed by atoms with Gasteiger partial charge in [0.15, 0.2) is 5.65 Å². The van der Waals surface area contributed by atoms with Gasteiger partial charge in [-0.25, -0.2) is 4.52 Å². The lowest BCUT2D eigenvalue weighted by atomic mass is 10.1. The van der Waals surface area contributed by atoms with Crippen LogP contribution in [0.3, 0.4) is 0 Å². The zero-order valence-corrected chi connectivity index (χ0v) is 23.9. The lowest BCUT2D eigenvalue weighted by Crippen LogP contribution is -2.55. The Kier molecular flexibility index (Phi) is 6.35. The number of hydrogen-bond acceptors (Lipinski definition) is 9. The van der Waals surface area contributed by atoms with Crippen molar-refractivity contribution in [1.82, 2.24) is 39.1 Å². The zero-order valence-electron chi connectivity index (χ0n) is 23.9. The number of fused-ring (bicyclic) bond motifs is 3. The molecule has 0 radical (unpaired) electrons. The summed E-state index contributed by atoms with van der Waals surface area (Å²) in [7, 11) is 2.06. The minimum absolute atomic E-state index is 0.0501. The maximum Gasteiger partial charge on any atom is 0.392 e. The Hall–Kier alpha value is -3.43. The third-order valence-corrected chi connectivity index (χ3v) is 9.74. The highest BCUT2D eigenvalue weighted by Crippen LogP contribution is 2.58. The molecule has 3 aromatic heterocycles. The molecule has 5 fully saturated rings. The van der Waals surface area contributed by atoms with Crippen molar-refractivity contribution >= 4 is 28.9 Å². The molecule has 3 aromatic rings. The quantitative estimate of drug-likeness (QED) is 0.408. The van der Waals surface area contributed by atoms with Crippen LogP contribution >= 0.6 is 0 Å². The maximum absolute atomic E-state index is 13.1. The largest absolute Gasteiger partial charge is 0.392 e. The number of anilines is 3. The molecule has 1 amide bonds. The number of rotatable bonds is 7. The Morgan fingerprint density at radius 2 is 1.91 bits per heavy atom. The number of epoxide rings is 1. The highest BCUT2D eigenvalue weighted by Gasteiger charge is 2.67. The minimum Gasteiger partial charge on any atom is -0.365 e.